The lowest BCUT2D eigenvalue weighted by atomic mass is 10.0. The van der Waals surface area contributed by atoms with E-state index in [9.17, 15) is 5.11 Å². The van der Waals surface area contributed by atoms with E-state index in [1.807, 2.05) is 6.92 Å². The van der Waals surface area contributed by atoms with Gasteiger partial charge in [-0.25, -0.2) is 0 Å². The number of aromatic nitrogens is 2. The molecule has 2 unspecified atom stereocenters. The second-order valence-corrected chi connectivity index (χ2v) is 4.97. The van der Waals surface area contributed by atoms with Gasteiger partial charge < -0.3 is 10.0 Å². The van der Waals surface area contributed by atoms with E-state index in [0.29, 0.717) is 5.92 Å². The van der Waals surface area contributed by atoms with Crippen LogP contribution in [0.4, 0.5) is 5.13 Å². The second kappa shape index (κ2) is 3.82. The van der Waals surface area contributed by atoms with E-state index < -0.39 is 0 Å². The highest BCUT2D eigenvalue weighted by Crippen LogP contribution is 2.30. The zero-order chi connectivity index (χ0) is 10.1. The first-order chi connectivity index (χ1) is 6.72. The molecule has 2 atom stereocenters. The molecular formula is C9H15N3OS. The van der Waals surface area contributed by atoms with Gasteiger partial charge in [0, 0.05) is 6.54 Å². The van der Waals surface area contributed by atoms with Crippen LogP contribution < -0.4 is 4.90 Å². The minimum Gasteiger partial charge on any atom is -0.394 e. The summed E-state index contributed by atoms with van der Waals surface area (Å²) < 4.78 is 0. The van der Waals surface area contributed by atoms with Crippen LogP contribution in [0.2, 0.25) is 0 Å². The topological polar surface area (TPSA) is 49.2 Å². The Hall–Kier alpha value is -0.680. The molecule has 0 spiro atoms. The second-order valence-electron chi connectivity index (χ2n) is 3.81. The van der Waals surface area contributed by atoms with E-state index in [2.05, 4.69) is 22.0 Å². The van der Waals surface area contributed by atoms with Gasteiger partial charge in [-0.2, -0.15) is 0 Å². The van der Waals surface area contributed by atoms with E-state index >= 15 is 0 Å². The predicted octanol–water partition coefficient (Wildman–Crippen LogP) is 1.05. The van der Waals surface area contributed by atoms with Crippen molar-refractivity contribution in [3.8, 4) is 0 Å². The van der Waals surface area contributed by atoms with Gasteiger partial charge in [0.15, 0.2) is 0 Å². The van der Waals surface area contributed by atoms with Crippen LogP contribution in [-0.2, 0) is 0 Å². The van der Waals surface area contributed by atoms with Crippen LogP contribution in [0.5, 0.6) is 0 Å². The van der Waals surface area contributed by atoms with E-state index in [1.165, 1.54) is 0 Å². The van der Waals surface area contributed by atoms with Crippen molar-refractivity contribution in [1.29, 1.82) is 0 Å². The minimum atomic E-state index is 0.208. The predicted molar refractivity (Wildman–Crippen MR) is 56.6 cm³/mol. The van der Waals surface area contributed by atoms with E-state index in [-0.39, 0.29) is 12.6 Å². The number of aliphatic hydroxyl groups excluding tert-OH is 1. The fourth-order valence-corrected chi connectivity index (χ4v) is 2.70. The summed E-state index contributed by atoms with van der Waals surface area (Å²) in [7, 11) is 0. The lowest BCUT2D eigenvalue weighted by molar-refractivity contribution is 0.244. The summed E-state index contributed by atoms with van der Waals surface area (Å²) >= 11 is 1.60. The molecule has 1 N–H and O–H groups in total. The molecule has 0 aromatic carbocycles. The minimum absolute atomic E-state index is 0.208. The summed E-state index contributed by atoms with van der Waals surface area (Å²) in [5.41, 5.74) is 0. The Balaban J connectivity index is 2.18. The quantitative estimate of drug-likeness (QED) is 0.798. The third kappa shape index (κ3) is 1.62. The van der Waals surface area contributed by atoms with Crippen LogP contribution in [0, 0.1) is 12.8 Å². The van der Waals surface area contributed by atoms with Crippen LogP contribution in [-0.4, -0.2) is 34.5 Å². The average Bonchev–Trinajstić information content (AvgIpc) is 2.71. The van der Waals surface area contributed by atoms with Gasteiger partial charge in [0.05, 0.1) is 12.6 Å². The number of hydrogen-bond acceptors (Lipinski definition) is 5. The van der Waals surface area contributed by atoms with Gasteiger partial charge in [0.2, 0.25) is 5.13 Å². The Morgan fingerprint density at radius 2 is 2.36 bits per heavy atom. The molecular weight excluding hydrogens is 198 g/mol. The molecule has 1 aliphatic heterocycles. The fraction of sp³-hybridized carbons (Fsp3) is 0.778. The largest absolute Gasteiger partial charge is 0.394 e. The number of rotatable bonds is 2. The first-order valence-electron chi connectivity index (χ1n) is 4.90. The lowest BCUT2D eigenvalue weighted by Gasteiger charge is -2.23. The molecule has 0 saturated carbocycles. The Kier molecular flexibility index (Phi) is 2.69. The molecule has 78 valence electrons. The standard InChI is InChI=1S/C9H15N3OS/c1-6-3-4-12(8(6)5-13)9-11-10-7(2)14-9/h6,8,13H,3-5H2,1-2H3. The number of aryl methyl sites for hydroxylation is 1. The van der Waals surface area contributed by atoms with Gasteiger partial charge in [0.1, 0.15) is 5.01 Å². The normalized spacial score (nSPS) is 27.2. The Labute approximate surface area is 87.6 Å². The number of aliphatic hydroxyl groups is 1. The molecule has 0 aliphatic carbocycles. The molecule has 1 aromatic heterocycles. The van der Waals surface area contributed by atoms with E-state index in [0.717, 1.165) is 23.1 Å². The monoisotopic (exact) mass is 213 g/mol. The third-order valence-electron chi connectivity index (χ3n) is 2.83. The fourth-order valence-electron chi connectivity index (χ4n) is 1.93. The van der Waals surface area contributed by atoms with Gasteiger partial charge in [-0.05, 0) is 19.3 Å². The summed E-state index contributed by atoms with van der Waals surface area (Å²) in [6, 6.07) is 0.224. The van der Waals surface area contributed by atoms with Gasteiger partial charge in [-0.15, -0.1) is 10.2 Å². The maximum Gasteiger partial charge on any atom is 0.208 e. The van der Waals surface area contributed by atoms with E-state index in [4.69, 9.17) is 0 Å². The third-order valence-corrected chi connectivity index (χ3v) is 3.71. The van der Waals surface area contributed by atoms with Crippen LogP contribution in [0.25, 0.3) is 0 Å². The molecule has 2 rings (SSSR count). The molecule has 1 fully saturated rings. The highest BCUT2D eigenvalue weighted by atomic mass is 32.1. The first-order valence-corrected chi connectivity index (χ1v) is 5.71. The molecule has 1 aliphatic rings. The highest BCUT2D eigenvalue weighted by molar-refractivity contribution is 7.15. The van der Waals surface area contributed by atoms with Crippen molar-refractivity contribution < 1.29 is 5.11 Å². The van der Waals surface area contributed by atoms with Crippen molar-refractivity contribution in [3.63, 3.8) is 0 Å². The molecule has 2 heterocycles. The SMILES string of the molecule is Cc1nnc(N2CCC(C)C2CO)s1. The molecule has 0 radical (unpaired) electrons. The first kappa shape index (κ1) is 9.86. The average molecular weight is 213 g/mol. The van der Waals surface area contributed by atoms with Crippen LogP contribution in [0.3, 0.4) is 0 Å². The van der Waals surface area contributed by atoms with Crippen molar-refractivity contribution in [2.45, 2.75) is 26.3 Å². The summed E-state index contributed by atoms with van der Waals surface area (Å²) in [6.07, 6.45) is 1.13. The van der Waals surface area contributed by atoms with Gasteiger partial charge >= 0.3 is 0 Å². The summed E-state index contributed by atoms with van der Waals surface area (Å²) in [4.78, 5) is 2.18. The van der Waals surface area contributed by atoms with Crippen molar-refractivity contribution in [1.82, 2.24) is 10.2 Å². The summed E-state index contributed by atoms with van der Waals surface area (Å²) in [5.74, 6) is 0.546. The van der Waals surface area contributed by atoms with Gasteiger partial charge in [-0.3, -0.25) is 0 Å². The smallest absolute Gasteiger partial charge is 0.208 e. The Bertz CT molecular complexity index is 315. The number of anilines is 1. The highest BCUT2D eigenvalue weighted by Gasteiger charge is 2.32. The van der Waals surface area contributed by atoms with Gasteiger partial charge in [0.25, 0.3) is 0 Å². The van der Waals surface area contributed by atoms with E-state index in [1.54, 1.807) is 11.3 Å². The Morgan fingerprint density at radius 1 is 1.57 bits per heavy atom. The molecule has 14 heavy (non-hydrogen) atoms. The number of nitrogens with zero attached hydrogens (tertiary/aromatic N) is 3. The lowest BCUT2D eigenvalue weighted by Crippen LogP contribution is -2.35. The maximum atomic E-state index is 9.29. The summed E-state index contributed by atoms with van der Waals surface area (Å²) in [6.45, 7) is 5.32. The molecule has 1 aromatic rings. The molecule has 0 bridgehead atoms. The molecule has 1 saturated heterocycles. The van der Waals surface area contributed by atoms with Crippen LogP contribution in [0.1, 0.15) is 18.4 Å². The van der Waals surface area contributed by atoms with Crippen molar-refractivity contribution in [2.24, 2.45) is 5.92 Å². The van der Waals surface area contributed by atoms with Crippen molar-refractivity contribution >= 4 is 16.5 Å². The zero-order valence-electron chi connectivity index (χ0n) is 8.47. The van der Waals surface area contributed by atoms with Crippen molar-refractivity contribution in [3.05, 3.63) is 5.01 Å². The Morgan fingerprint density at radius 3 is 2.93 bits per heavy atom. The van der Waals surface area contributed by atoms with Crippen molar-refractivity contribution in [2.75, 3.05) is 18.1 Å². The van der Waals surface area contributed by atoms with Gasteiger partial charge in [-0.1, -0.05) is 18.3 Å². The molecule has 4 nitrogen and oxygen atoms in total. The molecule has 5 heteroatoms. The zero-order valence-corrected chi connectivity index (χ0v) is 9.29. The van der Waals surface area contributed by atoms with Crippen LogP contribution in [0.15, 0.2) is 0 Å². The molecule has 0 amide bonds. The maximum absolute atomic E-state index is 9.29. The summed E-state index contributed by atoms with van der Waals surface area (Å²) in [5, 5.41) is 19.3. The number of hydrogen-bond donors (Lipinski definition) is 1. The van der Waals surface area contributed by atoms with Crippen LogP contribution >= 0.6 is 11.3 Å².